The molecule has 2 aliphatic rings. The van der Waals surface area contributed by atoms with Crippen LogP contribution in [0.5, 0.6) is 0 Å². The molecule has 2 heterocycles. The van der Waals surface area contributed by atoms with Crippen LogP contribution in [0.2, 0.25) is 10.0 Å². The van der Waals surface area contributed by atoms with E-state index in [0.717, 1.165) is 49.8 Å². The zero-order valence-electron chi connectivity index (χ0n) is 18.6. The van der Waals surface area contributed by atoms with E-state index in [1.165, 1.54) is 5.56 Å². The largest absolute Gasteiger partial charge is 0.353 e. The number of carbonyl (C=O) groups is 1. The van der Waals surface area contributed by atoms with Gasteiger partial charge in [0.1, 0.15) is 0 Å². The van der Waals surface area contributed by atoms with E-state index in [9.17, 15) is 4.79 Å². The highest BCUT2D eigenvalue weighted by molar-refractivity contribution is 6.42. The number of likely N-dealkylation sites (tertiary alicyclic amines) is 1. The van der Waals surface area contributed by atoms with Gasteiger partial charge in [-0.1, -0.05) is 59.1 Å². The van der Waals surface area contributed by atoms with E-state index in [-0.39, 0.29) is 17.6 Å². The minimum Gasteiger partial charge on any atom is -0.353 e. The number of rotatable bonds is 7. The number of benzene rings is 2. The molecule has 0 spiro atoms. The van der Waals surface area contributed by atoms with Crippen LogP contribution >= 0.6 is 23.2 Å². The van der Waals surface area contributed by atoms with E-state index >= 15 is 0 Å². The Balaban J connectivity index is 1.54. The van der Waals surface area contributed by atoms with Crippen LogP contribution in [-0.4, -0.2) is 36.9 Å². The first-order valence-corrected chi connectivity index (χ1v) is 12.2. The summed E-state index contributed by atoms with van der Waals surface area (Å²) in [6.45, 7) is 4.65. The Morgan fingerprint density at radius 1 is 1.12 bits per heavy atom. The summed E-state index contributed by atoms with van der Waals surface area (Å²) in [6.07, 6.45) is 5.13. The van der Waals surface area contributed by atoms with Crippen molar-refractivity contribution in [2.75, 3.05) is 19.8 Å². The minimum absolute atomic E-state index is 0.122. The molecular weight excluding hydrogens is 445 g/mol. The maximum absolute atomic E-state index is 12.9. The number of hydrogen-bond acceptors (Lipinski definition) is 3. The van der Waals surface area contributed by atoms with E-state index < -0.39 is 0 Å². The quantitative estimate of drug-likeness (QED) is 0.471. The SMILES string of the molecule is Cc1ccc(CN2CC(CCOC3CCCCO3)(c3ccc(Cl)c(Cl)c3)CCC2=O)cc1. The zero-order valence-corrected chi connectivity index (χ0v) is 20.1. The number of carbonyl (C=O) groups excluding carboxylic acids is 1. The highest BCUT2D eigenvalue weighted by Crippen LogP contribution is 2.40. The van der Waals surface area contributed by atoms with Crippen molar-refractivity contribution < 1.29 is 14.3 Å². The Kier molecular flexibility index (Phi) is 7.78. The molecule has 2 atom stereocenters. The van der Waals surface area contributed by atoms with Gasteiger partial charge in [0.2, 0.25) is 5.91 Å². The van der Waals surface area contributed by atoms with Crippen LogP contribution in [0.15, 0.2) is 42.5 Å². The zero-order chi connectivity index (χ0) is 22.6. The van der Waals surface area contributed by atoms with Crippen molar-refractivity contribution in [2.24, 2.45) is 0 Å². The molecule has 4 rings (SSSR count). The normalized spacial score (nSPS) is 24.0. The summed E-state index contributed by atoms with van der Waals surface area (Å²) in [5, 5.41) is 1.09. The summed E-state index contributed by atoms with van der Waals surface area (Å²) in [5.74, 6) is 0.192. The number of aryl methyl sites for hydroxylation is 1. The molecule has 0 aliphatic carbocycles. The monoisotopic (exact) mass is 475 g/mol. The average molecular weight is 476 g/mol. The van der Waals surface area contributed by atoms with Crippen LogP contribution in [0.25, 0.3) is 0 Å². The molecule has 2 unspecified atom stereocenters. The molecule has 0 aromatic heterocycles. The Morgan fingerprint density at radius 2 is 1.94 bits per heavy atom. The molecule has 2 fully saturated rings. The van der Waals surface area contributed by atoms with Gasteiger partial charge in [-0.2, -0.15) is 0 Å². The van der Waals surface area contributed by atoms with E-state index in [4.69, 9.17) is 32.7 Å². The van der Waals surface area contributed by atoms with Gasteiger partial charge in [0.05, 0.1) is 16.7 Å². The molecule has 0 bridgehead atoms. The third-order valence-electron chi connectivity index (χ3n) is 6.71. The molecule has 0 N–H and O–H groups in total. The summed E-state index contributed by atoms with van der Waals surface area (Å²) in [6, 6.07) is 14.2. The lowest BCUT2D eigenvalue weighted by atomic mass is 9.71. The smallest absolute Gasteiger partial charge is 0.222 e. The van der Waals surface area contributed by atoms with Gasteiger partial charge >= 0.3 is 0 Å². The molecule has 172 valence electrons. The van der Waals surface area contributed by atoms with E-state index in [1.54, 1.807) is 0 Å². The molecule has 4 nitrogen and oxygen atoms in total. The van der Waals surface area contributed by atoms with E-state index in [1.807, 2.05) is 23.1 Å². The lowest BCUT2D eigenvalue weighted by Gasteiger charge is -2.43. The van der Waals surface area contributed by atoms with Crippen LogP contribution in [0.4, 0.5) is 0 Å². The molecule has 0 saturated carbocycles. The van der Waals surface area contributed by atoms with Gasteiger partial charge in [0.25, 0.3) is 0 Å². The maximum Gasteiger partial charge on any atom is 0.222 e. The predicted molar refractivity (Wildman–Crippen MR) is 128 cm³/mol. The number of halogens is 2. The Morgan fingerprint density at radius 3 is 2.66 bits per heavy atom. The average Bonchev–Trinajstić information content (AvgIpc) is 2.80. The second kappa shape index (κ2) is 10.6. The first-order chi connectivity index (χ1) is 15.4. The van der Waals surface area contributed by atoms with Gasteiger partial charge < -0.3 is 14.4 Å². The van der Waals surface area contributed by atoms with Crippen molar-refractivity contribution in [3.05, 3.63) is 69.2 Å². The number of nitrogens with zero attached hydrogens (tertiary/aromatic N) is 1. The van der Waals surface area contributed by atoms with Gasteiger partial charge in [0.15, 0.2) is 6.29 Å². The Hall–Kier alpha value is -1.59. The minimum atomic E-state index is -0.235. The van der Waals surface area contributed by atoms with Gasteiger partial charge in [-0.15, -0.1) is 0 Å². The second-order valence-electron chi connectivity index (χ2n) is 9.06. The standard InChI is InChI=1S/C26H31Cl2NO3/c1-19-5-7-20(8-6-19)17-29-18-26(12-11-24(29)30,21-9-10-22(27)23(28)16-21)13-15-32-25-4-2-3-14-31-25/h5-10,16,25H,2-4,11-15,17-18H2,1H3. The Labute approximate surface area is 200 Å². The molecule has 2 aromatic rings. The summed E-state index contributed by atoms with van der Waals surface area (Å²) in [5.41, 5.74) is 3.23. The number of ether oxygens (including phenoxy) is 2. The fraction of sp³-hybridized carbons (Fsp3) is 0.500. The summed E-state index contributed by atoms with van der Waals surface area (Å²) >= 11 is 12.6. The lowest BCUT2D eigenvalue weighted by Crippen LogP contribution is -2.49. The fourth-order valence-corrected chi connectivity index (χ4v) is 5.03. The van der Waals surface area contributed by atoms with E-state index in [2.05, 4.69) is 31.2 Å². The van der Waals surface area contributed by atoms with Gasteiger partial charge in [-0.25, -0.2) is 0 Å². The van der Waals surface area contributed by atoms with Crippen molar-refractivity contribution in [1.29, 1.82) is 0 Å². The van der Waals surface area contributed by atoms with Crippen molar-refractivity contribution in [2.45, 2.75) is 63.7 Å². The van der Waals surface area contributed by atoms with Crippen molar-refractivity contribution in [3.8, 4) is 0 Å². The molecule has 2 saturated heterocycles. The highest BCUT2D eigenvalue weighted by atomic mass is 35.5. The third-order valence-corrected chi connectivity index (χ3v) is 7.45. The van der Waals surface area contributed by atoms with Crippen LogP contribution < -0.4 is 0 Å². The van der Waals surface area contributed by atoms with Crippen LogP contribution in [0, 0.1) is 6.92 Å². The third kappa shape index (κ3) is 5.66. The molecule has 0 radical (unpaired) electrons. The molecule has 2 aromatic carbocycles. The maximum atomic E-state index is 12.9. The Bertz CT molecular complexity index is 927. The number of hydrogen-bond donors (Lipinski definition) is 0. The van der Waals surface area contributed by atoms with Crippen molar-refractivity contribution >= 4 is 29.1 Å². The summed E-state index contributed by atoms with van der Waals surface area (Å²) in [4.78, 5) is 14.8. The van der Waals surface area contributed by atoms with Crippen LogP contribution in [0.1, 0.15) is 55.2 Å². The number of amides is 1. The molecule has 1 amide bonds. The predicted octanol–water partition coefficient (Wildman–Crippen LogP) is 6.30. The topological polar surface area (TPSA) is 38.8 Å². The van der Waals surface area contributed by atoms with Gasteiger partial charge in [-0.3, -0.25) is 4.79 Å². The fourth-order valence-electron chi connectivity index (χ4n) is 4.73. The van der Waals surface area contributed by atoms with Crippen LogP contribution in [0.3, 0.4) is 0 Å². The van der Waals surface area contributed by atoms with Gasteiger partial charge in [0, 0.05) is 31.5 Å². The lowest BCUT2D eigenvalue weighted by molar-refractivity contribution is -0.166. The van der Waals surface area contributed by atoms with Gasteiger partial charge in [-0.05, 0) is 62.3 Å². The molecule has 32 heavy (non-hydrogen) atoms. The number of piperidine rings is 1. The first-order valence-electron chi connectivity index (χ1n) is 11.5. The summed E-state index contributed by atoms with van der Waals surface area (Å²) < 4.78 is 11.8. The molecule has 2 aliphatic heterocycles. The van der Waals surface area contributed by atoms with Crippen LogP contribution in [-0.2, 0) is 26.2 Å². The van der Waals surface area contributed by atoms with Crippen molar-refractivity contribution in [1.82, 2.24) is 4.90 Å². The first kappa shape index (κ1) is 23.6. The second-order valence-corrected chi connectivity index (χ2v) is 9.88. The molecule has 6 heteroatoms. The van der Waals surface area contributed by atoms with Crippen molar-refractivity contribution in [3.63, 3.8) is 0 Å². The van der Waals surface area contributed by atoms with E-state index in [0.29, 0.717) is 36.2 Å². The summed E-state index contributed by atoms with van der Waals surface area (Å²) in [7, 11) is 0. The highest BCUT2D eigenvalue weighted by Gasteiger charge is 2.40. The molecular formula is C26H31Cl2NO3.